The molecule has 0 saturated heterocycles. The zero-order chi connectivity index (χ0) is 9.68. The molecule has 0 bridgehead atoms. The summed E-state index contributed by atoms with van der Waals surface area (Å²) in [5.74, 6) is 0.760. The lowest BCUT2D eigenvalue weighted by Gasteiger charge is -2.06. The summed E-state index contributed by atoms with van der Waals surface area (Å²) in [6.45, 7) is 7.14. The zero-order valence-corrected chi connectivity index (χ0v) is 8.14. The minimum atomic E-state index is 0.445. The van der Waals surface area contributed by atoms with E-state index in [0.29, 0.717) is 18.0 Å². The van der Waals surface area contributed by atoms with Crippen molar-refractivity contribution in [1.29, 1.82) is 0 Å². The quantitative estimate of drug-likeness (QED) is 0.677. The summed E-state index contributed by atoms with van der Waals surface area (Å²) in [4.78, 5) is 3.28. The van der Waals surface area contributed by atoms with Crippen LogP contribution in [0.25, 0.3) is 4.85 Å². The van der Waals surface area contributed by atoms with Crippen LogP contribution in [-0.4, -0.2) is 13.7 Å². The molecule has 13 heavy (non-hydrogen) atoms. The van der Waals surface area contributed by atoms with Crippen molar-refractivity contribution in [1.82, 2.24) is 0 Å². The Kier molecular flexibility index (Phi) is 3.60. The van der Waals surface area contributed by atoms with Crippen molar-refractivity contribution >= 4 is 11.6 Å². The Labute approximate surface area is 82.9 Å². The first-order valence-corrected chi connectivity index (χ1v) is 4.32. The number of hydrogen-bond donors (Lipinski definition) is 0. The van der Waals surface area contributed by atoms with Crippen LogP contribution in [0.5, 0.6) is 5.75 Å². The minimum absolute atomic E-state index is 0.445. The summed E-state index contributed by atoms with van der Waals surface area (Å²) < 4.78 is 5.14. The molecule has 0 aliphatic rings. The van der Waals surface area contributed by atoms with Crippen LogP contribution in [0, 0.1) is 6.57 Å². The third-order valence-corrected chi connectivity index (χ3v) is 2.12. The van der Waals surface area contributed by atoms with E-state index in [1.807, 2.05) is 18.2 Å². The number of methoxy groups -OCH3 is 1. The number of hydrogen-bond acceptors (Lipinski definition) is 1. The van der Waals surface area contributed by atoms with Crippen molar-refractivity contribution in [3.05, 3.63) is 40.2 Å². The maximum atomic E-state index is 6.69. The van der Waals surface area contributed by atoms with E-state index in [0.717, 1.165) is 11.3 Å². The van der Waals surface area contributed by atoms with Gasteiger partial charge in [0.1, 0.15) is 5.75 Å². The number of nitrogens with zero attached hydrogens (tertiary/aromatic N) is 1. The molecule has 2 nitrogen and oxygen atoms in total. The summed E-state index contributed by atoms with van der Waals surface area (Å²) in [6.07, 6.45) is 0.645. The minimum Gasteiger partial charge on any atom is -0.496 e. The maximum absolute atomic E-state index is 6.69. The number of ether oxygens (including phenoxy) is 1. The Hall–Kier alpha value is -1.20. The normalized spacial score (nSPS) is 9.31. The van der Waals surface area contributed by atoms with E-state index in [-0.39, 0.29) is 0 Å². The molecule has 0 N–H and O–H groups in total. The van der Waals surface area contributed by atoms with Gasteiger partial charge >= 0.3 is 0 Å². The molecule has 0 heterocycles. The van der Waals surface area contributed by atoms with Crippen LogP contribution in [0.15, 0.2) is 18.2 Å². The van der Waals surface area contributed by atoms with Crippen LogP contribution in [-0.2, 0) is 6.42 Å². The summed E-state index contributed by atoms with van der Waals surface area (Å²) in [7, 11) is 1.60. The fraction of sp³-hybridized carbons (Fsp3) is 0.300. The Morgan fingerprint density at radius 1 is 1.54 bits per heavy atom. The lowest BCUT2D eigenvalue weighted by Crippen LogP contribution is -1.94. The molecule has 0 unspecified atom stereocenters. The highest BCUT2D eigenvalue weighted by molar-refractivity contribution is 6.31. The van der Waals surface area contributed by atoms with Crippen LogP contribution in [0.1, 0.15) is 5.56 Å². The van der Waals surface area contributed by atoms with Gasteiger partial charge in [0.2, 0.25) is 6.54 Å². The average Bonchev–Trinajstić information content (AvgIpc) is 2.15. The lowest BCUT2D eigenvalue weighted by molar-refractivity contribution is 0.410. The molecule has 0 aliphatic heterocycles. The zero-order valence-electron chi connectivity index (χ0n) is 7.38. The second-order valence-electron chi connectivity index (χ2n) is 2.55. The molecule has 3 heteroatoms. The second kappa shape index (κ2) is 4.74. The van der Waals surface area contributed by atoms with Gasteiger partial charge < -0.3 is 9.58 Å². The first kappa shape index (κ1) is 9.88. The highest BCUT2D eigenvalue weighted by Crippen LogP contribution is 2.26. The van der Waals surface area contributed by atoms with Crippen LogP contribution in [0.4, 0.5) is 0 Å². The number of rotatable bonds is 3. The van der Waals surface area contributed by atoms with E-state index in [4.69, 9.17) is 22.9 Å². The summed E-state index contributed by atoms with van der Waals surface area (Å²) in [5, 5.41) is 0.669. The van der Waals surface area contributed by atoms with E-state index < -0.39 is 0 Å². The van der Waals surface area contributed by atoms with Gasteiger partial charge in [0.25, 0.3) is 0 Å². The smallest absolute Gasteiger partial charge is 0.218 e. The molecule has 0 radical (unpaired) electrons. The van der Waals surface area contributed by atoms with Crippen molar-refractivity contribution in [3.63, 3.8) is 0 Å². The molecule has 0 aromatic heterocycles. The van der Waals surface area contributed by atoms with Gasteiger partial charge in [-0.05, 0) is 12.1 Å². The summed E-state index contributed by atoms with van der Waals surface area (Å²) in [6, 6.07) is 5.50. The highest BCUT2D eigenvalue weighted by Gasteiger charge is 2.07. The monoisotopic (exact) mass is 195 g/mol. The predicted molar refractivity (Wildman–Crippen MR) is 53.2 cm³/mol. The molecule has 0 fully saturated rings. The van der Waals surface area contributed by atoms with Gasteiger partial charge in [-0.3, -0.25) is 0 Å². The van der Waals surface area contributed by atoms with Crippen molar-refractivity contribution in [3.8, 4) is 5.75 Å². The fourth-order valence-corrected chi connectivity index (χ4v) is 1.40. The average molecular weight is 196 g/mol. The van der Waals surface area contributed by atoms with E-state index in [1.165, 1.54) is 0 Å². The topological polar surface area (TPSA) is 13.6 Å². The largest absolute Gasteiger partial charge is 0.496 e. The molecule has 0 saturated carbocycles. The van der Waals surface area contributed by atoms with Crippen LogP contribution < -0.4 is 4.74 Å². The molecule has 0 atom stereocenters. The standard InChI is InChI=1S/C10H10ClNO/c1-12-7-6-8-9(11)4-3-5-10(8)13-2/h3-5H,6-7H2,2H3. The van der Waals surface area contributed by atoms with Gasteiger partial charge in [0.05, 0.1) is 13.5 Å². The third kappa shape index (κ3) is 2.37. The van der Waals surface area contributed by atoms with Crippen molar-refractivity contribution in [2.45, 2.75) is 6.42 Å². The molecule has 1 aromatic carbocycles. The lowest BCUT2D eigenvalue weighted by atomic mass is 10.1. The van der Waals surface area contributed by atoms with Gasteiger partial charge in [0.15, 0.2) is 0 Å². The molecular formula is C10H10ClNO. The molecule has 68 valence electrons. The van der Waals surface area contributed by atoms with E-state index in [1.54, 1.807) is 7.11 Å². The molecule has 1 rings (SSSR count). The molecule has 0 amide bonds. The third-order valence-electron chi connectivity index (χ3n) is 1.77. The van der Waals surface area contributed by atoms with Gasteiger partial charge in [-0.2, -0.15) is 0 Å². The SMILES string of the molecule is [C-]#[N+]CCc1c(Cl)cccc1OC. The molecule has 0 spiro atoms. The van der Waals surface area contributed by atoms with Gasteiger partial charge in [-0.15, -0.1) is 0 Å². The van der Waals surface area contributed by atoms with Crippen molar-refractivity contribution in [2.75, 3.05) is 13.7 Å². The number of benzene rings is 1. The van der Waals surface area contributed by atoms with Crippen molar-refractivity contribution < 1.29 is 4.74 Å². The van der Waals surface area contributed by atoms with Crippen LogP contribution in [0.3, 0.4) is 0 Å². The summed E-state index contributed by atoms with van der Waals surface area (Å²) in [5.41, 5.74) is 0.919. The van der Waals surface area contributed by atoms with Gasteiger partial charge in [-0.25, -0.2) is 6.57 Å². The maximum Gasteiger partial charge on any atom is 0.218 e. The van der Waals surface area contributed by atoms with Crippen molar-refractivity contribution in [2.24, 2.45) is 0 Å². The summed E-state index contributed by atoms with van der Waals surface area (Å²) >= 11 is 5.96. The predicted octanol–water partition coefficient (Wildman–Crippen LogP) is 2.81. The van der Waals surface area contributed by atoms with Crippen LogP contribution in [0.2, 0.25) is 5.02 Å². The highest BCUT2D eigenvalue weighted by atomic mass is 35.5. The second-order valence-corrected chi connectivity index (χ2v) is 2.96. The van der Waals surface area contributed by atoms with Crippen LogP contribution >= 0.6 is 11.6 Å². The van der Waals surface area contributed by atoms with E-state index in [9.17, 15) is 0 Å². The number of halogens is 1. The molecular weight excluding hydrogens is 186 g/mol. The van der Waals surface area contributed by atoms with Gasteiger partial charge in [0, 0.05) is 10.6 Å². The van der Waals surface area contributed by atoms with E-state index in [2.05, 4.69) is 4.85 Å². The Morgan fingerprint density at radius 2 is 2.31 bits per heavy atom. The van der Waals surface area contributed by atoms with Gasteiger partial charge in [-0.1, -0.05) is 17.7 Å². The molecule has 0 aliphatic carbocycles. The van der Waals surface area contributed by atoms with E-state index >= 15 is 0 Å². The molecule has 1 aromatic rings. The fourth-order valence-electron chi connectivity index (χ4n) is 1.14. The first-order valence-electron chi connectivity index (χ1n) is 3.94. The Balaban J connectivity index is 2.95. The Morgan fingerprint density at radius 3 is 2.92 bits per heavy atom. The Bertz CT molecular complexity index is 330. The first-order chi connectivity index (χ1) is 6.29.